The van der Waals surface area contributed by atoms with Gasteiger partial charge >= 0.3 is 0 Å². The number of hydrogen-bond acceptors (Lipinski definition) is 4. The predicted molar refractivity (Wildman–Crippen MR) is 74.5 cm³/mol. The number of carbonyl (C=O) groups is 1. The van der Waals surface area contributed by atoms with Gasteiger partial charge in [-0.2, -0.15) is 0 Å². The van der Waals surface area contributed by atoms with Crippen LogP contribution in [0.15, 0.2) is 18.2 Å². The highest BCUT2D eigenvalue weighted by atomic mass is 16.5. The Labute approximate surface area is 117 Å². The Hall–Kier alpha value is -1.95. The van der Waals surface area contributed by atoms with Gasteiger partial charge in [-0.25, -0.2) is 4.68 Å². The minimum Gasteiger partial charge on any atom is -0.376 e. The molecule has 1 amide bonds. The van der Waals surface area contributed by atoms with E-state index in [1.165, 1.54) is 0 Å². The minimum absolute atomic E-state index is 0.0894. The van der Waals surface area contributed by atoms with Crippen LogP contribution >= 0.6 is 0 Å². The fourth-order valence-corrected chi connectivity index (χ4v) is 2.46. The fraction of sp³-hybridized carbons (Fsp3) is 0.500. The molecule has 0 spiro atoms. The zero-order valence-corrected chi connectivity index (χ0v) is 11.5. The number of carbonyl (C=O) groups excluding carboxylic acids is 1. The maximum Gasteiger partial charge on any atom is 0.251 e. The molecular weight excluding hydrogens is 256 g/mol. The third-order valence-corrected chi connectivity index (χ3v) is 3.59. The molecule has 0 radical (unpaired) electrons. The first kappa shape index (κ1) is 13.1. The highest BCUT2D eigenvalue weighted by Crippen LogP contribution is 2.14. The van der Waals surface area contributed by atoms with Crippen LogP contribution < -0.4 is 5.32 Å². The molecule has 0 saturated carbocycles. The fourth-order valence-electron chi connectivity index (χ4n) is 2.46. The van der Waals surface area contributed by atoms with Crippen molar-refractivity contribution in [3.05, 3.63) is 23.8 Å². The van der Waals surface area contributed by atoms with Crippen LogP contribution in [-0.2, 0) is 11.3 Å². The molecular formula is C14H18N4O2. The molecule has 0 bridgehead atoms. The van der Waals surface area contributed by atoms with Gasteiger partial charge in [-0.15, -0.1) is 5.10 Å². The lowest BCUT2D eigenvalue weighted by molar-refractivity contribution is 0.0858. The van der Waals surface area contributed by atoms with E-state index in [2.05, 4.69) is 15.6 Å². The molecule has 20 heavy (non-hydrogen) atoms. The summed E-state index contributed by atoms with van der Waals surface area (Å²) in [5, 5.41) is 11.0. The molecule has 106 valence electrons. The van der Waals surface area contributed by atoms with Gasteiger partial charge in [-0.3, -0.25) is 4.79 Å². The number of nitrogens with one attached hydrogen (secondary N) is 1. The molecule has 6 nitrogen and oxygen atoms in total. The molecule has 1 aromatic heterocycles. The Morgan fingerprint density at radius 2 is 2.45 bits per heavy atom. The first-order valence-electron chi connectivity index (χ1n) is 7.01. The summed E-state index contributed by atoms with van der Waals surface area (Å²) in [5.41, 5.74) is 2.30. The van der Waals surface area contributed by atoms with Gasteiger partial charge in [0.25, 0.3) is 5.91 Å². The normalized spacial score (nSPS) is 18.6. The number of aryl methyl sites for hydroxylation is 1. The van der Waals surface area contributed by atoms with Crippen molar-refractivity contribution in [2.24, 2.45) is 0 Å². The highest BCUT2D eigenvalue weighted by molar-refractivity contribution is 5.97. The number of rotatable bonds is 4. The Kier molecular flexibility index (Phi) is 3.64. The summed E-state index contributed by atoms with van der Waals surface area (Å²) in [6.45, 7) is 4.14. The molecule has 3 rings (SSSR count). The van der Waals surface area contributed by atoms with E-state index in [0.717, 1.165) is 37.0 Å². The van der Waals surface area contributed by atoms with Crippen LogP contribution in [0.25, 0.3) is 11.0 Å². The standard InChI is InChI=1S/C14H18N4O2/c1-2-18-13-6-5-10(8-12(13)16-17-18)14(19)15-9-11-4-3-7-20-11/h5-6,8,11H,2-4,7,9H2,1H3,(H,15,19). The zero-order valence-electron chi connectivity index (χ0n) is 11.5. The van der Waals surface area contributed by atoms with Gasteiger partial charge in [0.1, 0.15) is 5.52 Å². The molecule has 1 fully saturated rings. The van der Waals surface area contributed by atoms with Gasteiger partial charge in [0, 0.05) is 25.3 Å². The minimum atomic E-state index is -0.0894. The van der Waals surface area contributed by atoms with Crippen LogP contribution in [0.2, 0.25) is 0 Å². The van der Waals surface area contributed by atoms with Crippen molar-refractivity contribution in [2.45, 2.75) is 32.4 Å². The topological polar surface area (TPSA) is 69.0 Å². The van der Waals surface area contributed by atoms with Gasteiger partial charge in [0.15, 0.2) is 0 Å². The number of amides is 1. The average molecular weight is 274 g/mol. The van der Waals surface area contributed by atoms with Crippen LogP contribution in [0.3, 0.4) is 0 Å². The quantitative estimate of drug-likeness (QED) is 0.914. The van der Waals surface area contributed by atoms with Gasteiger partial charge in [-0.1, -0.05) is 5.21 Å². The predicted octanol–water partition coefficient (Wildman–Crippen LogP) is 1.36. The molecule has 1 aliphatic rings. The summed E-state index contributed by atoms with van der Waals surface area (Å²) in [7, 11) is 0. The van der Waals surface area contributed by atoms with Gasteiger partial charge in [-0.05, 0) is 38.0 Å². The Bertz CT molecular complexity index is 617. The van der Waals surface area contributed by atoms with E-state index < -0.39 is 0 Å². The summed E-state index contributed by atoms with van der Waals surface area (Å²) in [6.07, 6.45) is 2.25. The molecule has 1 aromatic carbocycles. The largest absolute Gasteiger partial charge is 0.376 e. The number of nitrogens with zero attached hydrogens (tertiary/aromatic N) is 3. The molecule has 1 atom stereocenters. The second-order valence-corrected chi connectivity index (χ2v) is 4.95. The van der Waals surface area contributed by atoms with E-state index in [9.17, 15) is 4.79 Å². The van der Waals surface area contributed by atoms with Gasteiger partial charge < -0.3 is 10.1 Å². The Morgan fingerprint density at radius 1 is 1.55 bits per heavy atom. The van der Waals surface area contributed by atoms with E-state index in [-0.39, 0.29) is 12.0 Å². The number of aromatic nitrogens is 3. The summed E-state index contributed by atoms with van der Waals surface area (Å²) in [4.78, 5) is 12.1. The first-order chi connectivity index (χ1) is 9.78. The lowest BCUT2D eigenvalue weighted by atomic mass is 10.1. The van der Waals surface area contributed by atoms with Crippen LogP contribution in [0, 0.1) is 0 Å². The van der Waals surface area contributed by atoms with Crippen LogP contribution in [-0.4, -0.2) is 40.2 Å². The van der Waals surface area contributed by atoms with Crippen LogP contribution in [0.5, 0.6) is 0 Å². The molecule has 1 aliphatic heterocycles. The molecule has 2 aromatic rings. The summed E-state index contributed by atoms with van der Waals surface area (Å²) < 4.78 is 7.30. The summed E-state index contributed by atoms with van der Waals surface area (Å²) in [6, 6.07) is 5.47. The zero-order chi connectivity index (χ0) is 13.9. The molecule has 2 heterocycles. The van der Waals surface area contributed by atoms with E-state index in [1.54, 1.807) is 6.07 Å². The Balaban J connectivity index is 1.70. The molecule has 1 N–H and O–H groups in total. The van der Waals surface area contributed by atoms with E-state index in [0.29, 0.717) is 12.1 Å². The van der Waals surface area contributed by atoms with Crippen molar-refractivity contribution in [2.75, 3.05) is 13.2 Å². The van der Waals surface area contributed by atoms with Crippen molar-refractivity contribution in [3.63, 3.8) is 0 Å². The highest BCUT2D eigenvalue weighted by Gasteiger charge is 2.17. The van der Waals surface area contributed by atoms with Crippen LogP contribution in [0.4, 0.5) is 0 Å². The second-order valence-electron chi connectivity index (χ2n) is 4.95. The first-order valence-corrected chi connectivity index (χ1v) is 7.01. The third kappa shape index (κ3) is 2.51. The second kappa shape index (κ2) is 5.58. The third-order valence-electron chi connectivity index (χ3n) is 3.59. The van der Waals surface area contributed by atoms with Gasteiger partial charge in [0.05, 0.1) is 11.6 Å². The maximum absolute atomic E-state index is 12.1. The summed E-state index contributed by atoms with van der Waals surface area (Å²) in [5.74, 6) is -0.0894. The van der Waals surface area contributed by atoms with Crippen molar-refractivity contribution >= 4 is 16.9 Å². The van der Waals surface area contributed by atoms with E-state index in [1.807, 2.05) is 23.7 Å². The molecule has 1 unspecified atom stereocenters. The smallest absolute Gasteiger partial charge is 0.251 e. The molecule has 0 aliphatic carbocycles. The van der Waals surface area contributed by atoms with Crippen molar-refractivity contribution in [3.8, 4) is 0 Å². The lowest BCUT2D eigenvalue weighted by Gasteiger charge is -2.10. The number of ether oxygens (including phenoxy) is 1. The summed E-state index contributed by atoms with van der Waals surface area (Å²) >= 11 is 0. The van der Waals surface area contributed by atoms with E-state index >= 15 is 0 Å². The molecule has 1 saturated heterocycles. The average Bonchev–Trinajstić information content (AvgIpc) is 3.13. The molecule has 6 heteroatoms. The number of fused-ring (bicyclic) bond motifs is 1. The van der Waals surface area contributed by atoms with E-state index in [4.69, 9.17) is 4.74 Å². The monoisotopic (exact) mass is 274 g/mol. The van der Waals surface area contributed by atoms with Crippen molar-refractivity contribution < 1.29 is 9.53 Å². The maximum atomic E-state index is 12.1. The number of benzene rings is 1. The van der Waals surface area contributed by atoms with Crippen LogP contribution in [0.1, 0.15) is 30.1 Å². The van der Waals surface area contributed by atoms with Gasteiger partial charge in [0.2, 0.25) is 0 Å². The lowest BCUT2D eigenvalue weighted by Crippen LogP contribution is -2.31. The number of hydrogen-bond donors (Lipinski definition) is 1. The van der Waals surface area contributed by atoms with Crippen molar-refractivity contribution in [1.82, 2.24) is 20.3 Å². The Morgan fingerprint density at radius 3 is 3.20 bits per heavy atom. The van der Waals surface area contributed by atoms with Crippen molar-refractivity contribution in [1.29, 1.82) is 0 Å². The SMILES string of the molecule is CCn1nnc2cc(C(=O)NCC3CCCO3)ccc21.